The normalized spacial score (nSPS) is 18.9. The number of hydrogen-bond acceptors (Lipinski definition) is 2. The lowest BCUT2D eigenvalue weighted by Crippen LogP contribution is -2.43. The highest BCUT2D eigenvalue weighted by Gasteiger charge is 2.26. The van der Waals surface area contributed by atoms with Crippen LogP contribution in [0.25, 0.3) is 10.8 Å². The number of likely N-dealkylation sites (tertiary alicyclic amines) is 1. The summed E-state index contributed by atoms with van der Waals surface area (Å²) in [5.74, 6) is -0.448. The van der Waals surface area contributed by atoms with Crippen molar-refractivity contribution in [1.29, 1.82) is 0 Å². The Morgan fingerprint density at radius 3 is 2.79 bits per heavy atom. The molecule has 1 saturated heterocycles. The van der Waals surface area contributed by atoms with Gasteiger partial charge in [0, 0.05) is 13.1 Å². The summed E-state index contributed by atoms with van der Waals surface area (Å²) in [7, 11) is 0. The van der Waals surface area contributed by atoms with E-state index in [9.17, 15) is 13.6 Å². The van der Waals surface area contributed by atoms with Gasteiger partial charge in [-0.3, -0.25) is 9.69 Å². The molecule has 1 amide bonds. The summed E-state index contributed by atoms with van der Waals surface area (Å²) in [5, 5.41) is 4.76. The molecule has 0 saturated carbocycles. The van der Waals surface area contributed by atoms with Crippen molar-refractivity contribution in [3.63, 3.8) is 0 Å². The number of nitrogens with one attached hydrogen (secondary N) is 1. The minimum absolute atomic E-state index is 0.196. The molecular weight excluding hydrogens is 310 g/mol. The summed E-state index contributed by atoms with van der Waals surface area (Å²) in [6.45, 7) is 1.79. The summed E-state index contributed by atoms with van der Waals surface area (Å²) < 4.78 is 24.5. The Morgan fingerprint density at radius 1 is 1.21 bits per heavy atom. The summed E-state index contributed by atoms with van der Waals surface area (Å²) >= 11 is 0. The number of amides is 1. The first-order valence-electron chi connectivity index (χ1n) is 8.38. The van der Waals surface area contributed by atoms with Crippen LogP contribution in [0.2, 0.25) is 0 Å². The average Bonchev–Trinajstić information content (AvgIpc) is 2.60. The van der Waals surface area contributed by atoms with E-state index in [-0.39, 0.29) is 11.8 Å². The minimum Gasteiger partial charge on any atom is -0.350 e. The second kappa shape index (κ2) is 7.71. The minimum atomic E-state index is -2.49. The van der Waals surface area contributed by atoms with Gasteiger partial charge in [0.05, 0.1) is 12.5 Å². The van der Waals surface area contributed by atoms with Gasteiger partial charge >= 0.3 is 0 Å². The molecule has 3 rings (SSSR count). The standard InChI is InChI=1S/C19H22F2N2O/c20-18(21)11-22-19(24)17-6-3-9-23(13-17)12-14-7-8-15-4-1-2-5-16(15)10-14/h1-2,4-5,7-8,10,17-18H,3,6,9,11-13H2,(H,22,24). The van der Waals surface area contributed by atoms with E-state index in [1.165, 1.54) is 16.3 Å². The first-order chi connectivity index (χ1) is 11.6. The summed E-state index contributed by atoms with van der Waals surface area (Å²) in [5.41, 5.74) is 1.21. The van der Waals surface area contributed by atoms with Gasteiger partial charge in [-0.2, -0.15) is 0 Å². The van der Waals surface area contributed by atoms with Crippen LogP contribution in [0.5, 0.6) is 0 Å². The van der Waals surface area contributed by atoms with Gasteiger partial charge in [-0.25, -0.2) is 8.78 Å². The molecule has 0 aliphatic carbocycles. The molecule has 1 aliphatic heterocycles. The van der Waals surface area contributed by atoms with E-state index in [0.29, 0.717) is 6.54 Å². The van der Waals surface area contributed by atoms with Crippen LogP contribution in [-0.4, -0.2) is 36.9 Å². The predicted molar refractivity (Wildman–Crippen MR) is 91.0 cm³/mol. The van der Waals surface area contributed by atoms with Crippen LogP contribution in [0.15, 0.2) is 42.5 Å². The van der Waals surface area contributed by atoms with Crippen LogP contribution < -0.4 is 5.32 Å². The van der Waals surface area contributed by atoms with Crippen molar-refractivity contribution >= 4 is 16.7 Å². The van der Waals surface area contributed by atoms with Gasteiger partial charge in [0.15, 0.2) is 0 Å². The molecule has 2 aromatic carbocycles. The molecule has 1 aliphatic rings. The molecule has 1 heterocycles. The molecule has 0 spiro atoms. The number of nitrogens with zero attached hydrogens (tertiary/aromatic N) is 1. The fourth-order valence-electron chi connectivity index (χ4n) is 3.33. The first-order valence-corrected chi connectivity index (χ1v) is 8.38. The highest BCUT2D eigenvalue weighted by atomic mass is 19.3. The number of rotatable bonds is 5. The van der Waals surface area contributed by atoms with E-state index in [1.807, 2.05) is 12.1 Å². The third-order valence-electron chi connectivity index (χ3n) is 4.53. The average molecular weight is 332 g/mol. The van der Waals surface area contributed by atoms with Crippen molar-refractivity contribution in [1.82, 2.24) is 10.2 Å². The molecule has 0 radical (unpaired) electrons. The van der Waals surface area contributed by atoms with E-state index in [1.54, 1.807) is 0 Å². The molecule has 1 N–H and O–H groups in total. The number of carbonyl (C=O) groups excluding carboxylic acids is 1. The van der Waals surface area contributed by atoms with Crippen molar-refractivity contribution in [3.05, 3.63) is 48.0 Å². The van der Waals surface area contributed by atoms with E-state index in [2.05, 4.69) is 40.5 Å². The topological polar surface area (TPSA) is 32.3 Å². The Morgan fingerprint density at radius 2 is 2.00 bits per heavy atom. The third-order valence-corrected chi connectivity index (χ3v) is 4.53. The maximum Gasteiger partial charge on any atom is 0.255 e. The van der Waals surface area contributed by atoms with Crippen molar-refractivity contribution in [2.24, 2.45) is 5.92 Å². The van der Waals surface area contributed by atoms with E-state index < -0.39 is 13.0 Å². The van der Waals surface area contributed by atoms with Gasteiger partial charge in [0.25, 0.3) is 6.43 Å². The number of carbonyl (C=O) groups is 1. The Kier molecular flexibility index (Phi) is 5.41. The molecule has 2 aromatic rings. The quantitative estimate of drug-likeness (QED) is 0.910. The van der Waals surface area contributed by atoms with Crippen LogP contribution in [0.3, 0.4) is 0 Å². The maximum absolute atomic E-state index is 12.2. The molecule has 24 heavy (non-hydrogen) atoms. The zero-order chi connectivity index (χ0) is 16.9. The second-order valence-corrected chi connectivity index (χ2v) is 6.39. The van der Waals surface area contributed by atoms with E-state index in [0.717, 1.165) is 25.9 Å². The van der Waals surface area contributed by atoms with Gasteiger partial charge in [-0.1, -0.05) is 36.4 Å². The molecule has 1 fully saturated rings. The number of benzene rings is 2. The summed E-state index contributed by atoms with van der Waals surface area (Å²) in [4.78, 5) is 14.2. The number of fused-ring (bicyclic) bond motifs is 1. The van der Waals surface area contributed by atoms with Crippen LogP contribution >= 0.6 is 0 Å². The monoisotopic (exact) mass is 332 g/mol. The Bertz CT molecular complexity index is 705. The lowest BCUT2D eigenvalue weighted by molar-refractivity contribution is -0.127. The van der Waals surface area contributed by atoms with Crippen LogP contribution in [0.4, 0.5) is 8.78 Å². The fraction of sp³-hybridized carbons (Fsp3) is 0.421. The zero-order valence-electron chi connectivity index (χ0n) is 13.6. The number of piperidine rings is 1. The second-order valence-electron chi connectivity index (χ2n) is 6.39. The Labute approximate surface area is 140 Å². The van der Waals surface area contributed by atoms with Gasteiger partial charge in [0.1, 0.15) is 0 Å². The van der Waals surface area contributed by atoms with Crippen molar-refractivity contribution in [2.45, 2.75) is 25.8 Å². The van der Waals surface area contributed by atoms with Crippen LogP contribution in [0, 0.1) is 5.92 Å². The molecule has 1 atom stereocenters. The highest BCUT2D eigenvalue weighted by molar-refractivity contribution is 5.83. The molecule has 3 nitrogen and oxygen atoms in total. The summed E-state index contributed by atoms with van der Waals surface area (Å²) in [6.07, 6.45) is -0.810. The highest BCUT2D eigenvalue weighted by Crippen LogP contribution is 2.21. The van der Waals surface area contributed by atoms with E-state index in [4.69, 9.17) is 0 Å². The van der Waals surface area contributed by atoms with Gasteiger partial charge in [-0.05, 0) is 41.8 Å². The Hall–Kier alpha value is -2.01. The smallest absolute Gasteiger partial charge is 0.255 e. The van der Waals surface area contributed by atoms with Gasteiger partial charge in [0.2, 0.25) is 5.91 Å². The van der Waals surface area contributed by atoms with Gasteiger partial charge in [-0.15, -0.1) is 0 Å². The van der Waals surface area contributed by atoms with E-state index >= 15 is 0 Å². The van der Waals surface area contributed by atoms with Crippen molar-refractivity contribution in [3.8, 4) is 0 Å². The molecular formula is C19H22F2N2O. The lowest BCUT2D eigenvalue weighted by Gasteiger charge is -2.32. The van der Waals surface area contributed by atoms with Crippen LogP contribution in [0.1, 0.15) is 18.4 Å². The number of hydrogen-bond donors (Lipinski definition) is 1. The van der Waals surface area contributed by atoms with Crippen LogP contribution in [-0.2, 0) is 11.3 Å². The summed E-state index contributed by atoms with van der Waals surface area (Å²) in [6, 6.07) is 14.6. The van der Waals surface area contributed by atoms with Crippen molar-refractivity contribution < 1.29 is 13.6 Å². The maximum atomic E-state index is 12.2. The predicted octanol–water partition coefficient (Wildman–Crippen LogP) is 3.43. The zero-order valence-corrected chi connectivity index (χ0v) is 13.6. The third kappa shape index (κ3) is 4.29. The van der Waals surface area contributed by atoms with Crippen molar-refractivity contribution in [2.75, 3.05) is 19.6 Å². The first kappa shape index (κ1) is 16.8. The SMILES string of the molecule is O=C(NCC(F)F)C1CCCN(Cc2ccc3ccccc3c2)C1. The Balaban J connectivity index is 1.60. The molecule has 1 unspecified atom stereocenters. The fourth-order valence-corrected chi connectivity index (χ4v) is 3.33. The molecule has 128 valence electrons. The molecule has 0 aromatic heterocycles. The molecule has 5 heteroatoms. The lowest BCUT2D eigenvalue weighted by atomic mass is 9.96. The largest absolute Gasteiger partial charge is 0.350 e. The number of halogens is 2. The number of alkyl halides is 2. The van der Waals surface area contributed by atoms with Gasteiger partial charge < -0.3 is 5.32 Å². The molecule has 0 bridgehead atoms.